The van der Waals surface area contributed by atoms with Crippen molar-refractivity contribution in [2.24, 2.45) is 0 Å². The van der Waals surface area contributed by atoms with Crippen molar-refractivity contribution in [2.45, 2.75) is 38.5 Å². The monoisotopic (exact) mass is 896 g/mol. The highest BCUT2D eigenvalue weighted by atomic mass is 15.1. The van der Waals surface area contributed by atoms with Crippen molar-refractivity contribution in [3.05, 3.63) is 264 Å². The van der Waals surface area contributed by atoms with Crippen molar-refractivity contribution < 1.29 is 0 Å². The van der Waals surface area contributed by atoms with Gasteiger partial charge in [0, 0.05) is 44.4 Å². The number of rotatable bonds is 8. The highest BCUT2D eigenvalue weighted by molar-refractivity contribution is 6.15. The van der Waals surface area contributed by atoms with E-state index in [0.29, 0.717) is 0 Å². The molecule has 2 nitrogen and oxygen atoms in total. The number of para-hydroxylation sites is 2. The molecule has 0 saturated carbocycles. The molecule has 0 heterocycles. The highest BCUT2D eigenvalue weighted by Crippen LogP contribution is 2.54. The molecule has 0 bridgehead atoms. The van der Waals surface area contributed by atoms with Crippen molar-refractivity contribution in [1.82, 2.24) is 0 Å². The fraction of sp³-hybridized carbons (Fsp3) is 0.0882. The molecule has 11 aromatic carbocycles. The Bertz CT molecular complexity index is 3850. The van der Waals surface area contributed by atoms with Gasteiger partial charge in [-0.1, -0.05) is 210 Å². The zero-order chi connectivity index (χ0) is 47.1. The molecule has 0 unspecified atom stereocenters. The molecule has 0 aromatic heterocycles. The van der Waals surface area contributed by atoms with Crippen LogP contribution in [0.15, 0.2) is 231 Å². The first-order chi connectivity index (χ1) is 34.2. The average Bonchev–Trinajstić information content (AvgIpc) is 3.76. The van der Waals surface area contributed by atoms with Crippen LogP contribution in [0.4, 0.5) is 34.1 Å². The first-order valence-corrected chi connectivity index (χ1v) is 24.6. The smallest absolute Gasteiger partial charge is 0.0546 e. The number of hydrogen-bond donors (Lipinski definition) is 0. The summed E-state index contributed by atoms with van der Waals surface area (Å²) in [5, 5.41) is 7.43. The molecule has 0 aliphatic heterocycles. The van der Waals surface area contributed by atoms with Crippen LogP contribution in [0.1, 0.15) is 61.1 Å². The molecule has 0 radical (unpaired) electrons. The minimum atomic E-state index is -0.223. The van der Waals surface area contributed by atoms with Gasteiger partial charge in [0.2, 0.25) is 0 Å². The van der Waals surface area contributed by atoms with Crippen LogP contribution in [0, 0.1) is 0 Å². The summed E-state index contributed by atoms with van der Waals surface area (Å²) >= 11 is 0. The second-order valence-corrected chi connectivity index (χ2v) is 20.2. The van der Waals surface area contributed by atoms with E-state index < -0.39 is 0 Å². The lowest BCUT2D eigenvalue weighted by atomic mass is 9.81. The molecular weight excluding hydrogens is 845 g/mol. The molecule has 2 aliphatic rings. The van der Waals surface area contributed by atoms with Crippen LogP contribution in [0.5, 0.6) is 0 Å². The van der Waals surface area contributed by atoms with Crippen molar-refractivity contribution in [1.29, 1.82) is 0 Å². The Kier molecular flexibility index (Phi) is 9.58. The summed E-state index contributed by atoms with van der Waals surface area (Å²) in [6.45, 7) is 9.54. The molecule has 0 spiro atoms. The van der Waals surface area contributed by atoms with Gasteiger partial charge in [0.25, 0.3) is 0 Å². The number of fused-ring (bicyclic) bond motifs is 10. The Labute approximate surface area is 411 Å². The Morgan fingerprint density at radius 3 is 1.29 bits per heavy atom. The molecule has 0 N–H and O–H groups in total. The largest absolute Gasteiger partial charge is 0.310 e. The van der Waals surface area contributed by atoms with Gasteiger partial charge in [0.1, 0.15) is 0 Å². The van der Waals surface area contributed by atoms with Crippen molar-refractivity contribution in [2.75, 3.05) is 9.80 Å². The highest BCUT2D eigenvalue weighted by Gasteiger charge is 2.38. The Balaban J connectivity index is 0.840. The third kappa shape index (κ3) is 6.62. The van der Waals surface area contributed by atoms with E-state index in [1.165, 1.54) is 99.3 Å². The molecule has 334 valence electrons. The fourth-order valence-corrected chi connectivity index (χ4v) is 11.8. The summed E-state index contributed by atoms with van der Waals surface area (Å²) in [6.07, 6.45) is 4.59. The molecule has 13 rings (SSSR count). The minimum Gasteiger partial charge on any atom is -0.310 e. The van der Waals surface area contributed by atoms with Crippen LogP contribution in [0.25, 0.3) is 66.7 Å². The van der Waals surface area contributed by atoms with Crippen molar-refractivity contribution in [3.8, 4) is 22.3 Å². The summed E-state index contributed by atoms with van der Waals surface area (Å²) in [4.78, 5) is 4.86. The van der Waals surface area contributed by atoms with Gasteiger partial charge >= 0.3 is 0 Å². The van der Waals surface area contributed by atoms with Gasteiger partial charge in [0.05, 0.1) is 11.4 Å². The van der Waals surface area contributed by atoms with E-state index in [1.54, 1.807) is 0 Å². The van der Waals surface area contributed by atoms with Gasteiger partial charge in [-0.3, -0.25) is 0 Å². The Morgan fingerprint density at radius 2 is 0.714 bits per heavy atom. The lowest BCUT2D eigenvalue weighted by Gasteiger charge is -2.30. The number of hydrogen-bond acceptors (Lipinski definition) is 2. The maximum Gasteiger partial charge on any atom is 0.0546 e. The Morgan fingerprint density at radius 1 is 0.286 bits per heavy atom. The first-order valence-electron chi connectivity index (χ1n) is 24.6. The Hall–Kier alpha value is -8.46. The molecule has 70 heavy (non-hydrogen) atoms. The summed E-state index contributed by atoms with van der Waals surface area (Å²) in [7, 11) is 0. The molecular formula is C68H52N2. The molecule has 2 heteroatoms. The predicted octanol–water partition coefficient (Wildman–Crippen LogP) is 18.9. The van der Waals surface area contributed by atoms with E-state index in [4.69, 9.17) is 0 Å². The number of anilines is 6. The summed E-state index contributed by atoms with van der Waals surface area (Å²) in [6, 6.07) is 85.1. The van der Waals surface area contributed by atoms with Crippen molar-refractivity contribution >= 4 is 78.6 Å². The molecule has 0 amide bonds. The van der Waals surface area contributed by atoms with Crippen molar-refractivity contribution in [3.63, 3.8) is 0 Å². The summed E-state index contributed by atoms with van der Waals surface area (Å²) in [5.41, 5.74) is 19.6. The molecule has 11 aromatic rings. The predicted molar refractivity (Wildman–Crippen MR) is 299 cm³/mol. The van der Waals surface area contributed by atoms with E-state index >= 15 is 0 Å². The van der Waals surface area contributed by atoms with E-state index in [1.807, 2.05) is 0 Å². The normalized spacial score (nSPS) is 13.9. The summed E-state index contributed by atoms with van der Waals surface area (Å²) in [5.74, 6) is 0. The second-order valence-electron chi connectivity index (χ2n) is 20.2. The van der Waals surface area contributed by atoms with E-state index in [-0.39, 0.29) is 10.8 Å². The first kappa shape index (κ1) is 41.7. The zero-order valence-electron chi connectivity index (χ0n) is 40.0. The van der Waals surface area contributed by atoms with Gasteiger partial charge in [-0.2, -0.15) is 0 Å². The standard InChI is InChI=1S/C68H52N2/c1-67(2)61-40-45(32-36-56(61)58-38-34-51(43-63(58)67)69(49-21-7-5-8-22-49)50-23-9-6-10-24-50)30-31-46-33-37-57-59-39-35-52(44-64(59)68(3,4)62(57)41-46)70(65-29-17-20-47-18-11-14-26-54(47)65)66-42-48-19-12-13-25-53(48)55-27-15-16-28-60(55)66/h5-44H,1-4H3/b31-30+. The van der Waals surface area contributed by atoms with Gasteiger partial charge in [-0.25, -0.2) is 0 Å². The minimum absolute atomic E-state index is 0.170. The zero-order valence-corrected chi connectivity index (χ0v) is 40.0. The van der Waals surface area contributed by atoms with E-state index in [0.717, 1.165) is 22.7 Å². The van der Waals surface area contributed by atoms with E-state index in [2.05, 4.69) is 280 Å². The van der Waals surface area contributed by atoms with Crippen LogP contribution >= 0.6 is 0 Å². The molecule has 2 aliphatic carbocycles. The second kappa shape index (κ2) is 16.1. The van der Waals surface area contributed by atoms with Gasteiger partial charge in [0.15, 0.2) is 0 Å². The summed E-state index contributed by atoms with van der Waals surface area (Å²) < 4.78 is 0. The van der Waals surface area contributed by atoms with Crippen LogP contribution in [-0.2, 0) is 10.8 Å². The van der Waals surface area contributed by atoms with Gasteiger partial charge in [-0.05, 0) is 138 Å². The third-order valence-electron chi connectivity index (χ3n) is 15.4. The molecule has 0 atom stereocenters. The van der Waals surface area contributed by atoms with Gasteiger partial charge < -0.3 is 9.80 Å². The third-order valence-corrected chi connectivity index (χ3v) is 15.4. The lowest BCUT2D eigenvalue weighted by molar-refractivity contribution is 0.660. The van der Waals surface area contributed by atoms with Crippen LogP contribution in [-0.4, -0.2) is 0 Å². The van der Waals surface area contributed by atoms with Crippen LogP contribution < -0.4 is 9.80 Å². The molecule has 0 saturated heterocycles. The number of benzene rings is 11. The maximum absolute atomic E-state index is 2.50. The number of nitrogens with zero attached hydrogens (tertiary/aromatic N) is 2. The SMILES string of the molecule is CC1(C)c2cc(/C=C/c3ccc4c(c3)C(C)(C)c3cc(N(c5cccc6ccccc56)c5cc6ccccc6c6ccccc56)ccc3-4)ccc2-c2ccc(N(c3ccccc3)c3ccccc3)cc21. The van der Waals surface area contributed by atoms with Crippen LogP contribution in [0.3, 0.4) is 0 Å². The maximum atomic E-state index is 2.50. The van der Waals surface area contributed by atoms with E-state index in [9.17, 15) is 0 Å². The fourth-order valence-electron chi connectivity index (χ4n) is 11.8. The lowest BCUT2D eigenvalue weighted by Crippen LogP contribution is -2.17. The topological polar surface area (TPSA) is 6.48 Å². The quantitative estimate of drug-likeness (QED) is 0.111. The van der Waals surface area contributed by atoms with Crippen LogP contribution in [0.2, 0.25) is 0 Å². The molecule has 0 fully saturated rings. The van der Waals surface area contributed by atoms with Gasteiger partial charge in [-0.15, -0.1) is 0 Å². The average molecular weight is 897 g/mol.